The maximum absolute atomic E-state index is 10.8. The molecule has 18 heavy (non-hydrogen) atoms. The van der Waals surface area contributed by atoms with E-state index in [9.17, 15) is 4.79 Å². The number of hydrogen-bond acceptors (Lipinski definition) is 6. The van der Waals surface area contributed by atoms with Crippen LogP contribution in [0.15, 0.2) is 4.52 Å². The molecule has 0 aromatic carbocycles. The molecule has 1 aromatic heterocycles. The van der Waals surface area contributed by atoms with Crippen LogP contribution < -0.4 is 0 Å². The second-order valence-electron chi connectivity index (χ2n) is 4.29. The molecule has 0 saturated carbocycles. The minimum absolute atomic E-state index is 0.354. The van der Waals surface area contributed by atoms with Crippen LogP contribution in [0.2, 0.25) is 0 Å². The van der Waals surface area contributed by atoms with Crippen LogP contribution >= 0.6 is 0 Å². The molecule has 1 fully saturated rings. The van der Waals surface area contributed by atoms with E-state index >= 15 is 0 Å². The van der Waals surface area contributed by atoms with E-state index in [0.717, 1.165) is 12.8 Å². The van der Waals surface area contributed by atoms with Gasteiger partial charge in [0.2, 0.25) is 5.89 Å². The van der Waals surface area contributed by atoms with E-state index in [1.54, 1.807) is 0 Å². The molecule has 1 aliphatic rings. The Morgan fingerprint density at radius 3 is 3.17 bits per heavy atom. The predicted molar refractivity (Wildman–Crippen MR) is 60.9 cm³/mol. The van der Waals surface area contributed by atoms with E-state index in [1.807, 2.05) is 11.8 Å². The maximum Gasteiger partial charge on any atom is 0.334 e. The number of carbonyl (C=O) groups is 1. The van der Waals surface area contributed by atoms with E-state index < -0.39 is 12.1 Å². The Bertz CT molecular complexity index is 407. The number of carboxylic acids is 1. The monoisotopic (exact) mass is 255 g/mol. The number of carboxylic acid groups (broad SMARTS) is 1. The maximum atomic E-state index is 10.8. The van der Waals surface area contributed by atoms with Gasteiger partial charge in [-0.2, -0.15) is 4.98 Å². The molecule has 1 N–H and O–H groups in total. The second kappa shape index (κ2) is 5.92. The van der Waals surface area contributed by atoms with Gasteiger partial charge >= 0.3 is 5.97 Å². The first kappa shape index (κ1) is 13.0. The minimum Gasteiger partial charge on any atom is -0.479 e. The third kappa shape index (κ3) is 3.27. The molecule has 1 aliphatic heterocycles. The highest BCUT2D eigenvalue weighted by Crippen LogP contribution is 2.09. The van der Waals surface area contributed by atoms with Crippen LogP contribution in [0.1, 0.15) is 25.1 Å². The fraction of sp³-hybridized carbons (Fsp3) is 0.727. The van der Waals surface area contributed by atoms with Crippen molar-refractivity contribution >= 4 is 5.97 Å². The molecule has 2 heterocycles. The fourth-order valence-electron chi connectivity index (χ4n) is 1.87. The van der Waals surface area contributed by atoms with Gasteiger partial charge < -0.3 is 14.4 Å². The van der Waals surface area contributed by atoms with E-state index in [2.05, 4.69) is 10.1 Å². The first-order valence-corrected chi connectivity index (χ1v) is 6.07. The Morgan fingerprint density at radius 1 is 1.61 bits per heavy atom. The summed E-state index contributed by atoms with van der Waals surface area (Å²) in [5.41, 5.74) is 0. The van der Waals surface area contributed by atoms with Crippen molar-refractivity contribution in [3.05, 3.63) is 11.7 Å². The van der Waals surface area contributed by atoms with Gasteiger partial charge in [-0.15, -0.1) is 0 Å². The van der Waals surface area contributed by atoms with Gasteiger partial charge in [-0.3, -0.25) is 4.90 Å². The number of aliphatic carboxylic acids is 1. The first-order chi connectivity index (χ1) is 8.69. The molecule has 0 spiro atoms. The molecule has 1 unspecified atom stereocenters. The molecule has 1 saturated heterocycles. The van der Waals surface area contributed by atoms with E-state index in [4.69, 9.17) is 14.4 Å². The van der Waals surface area contributed by atoms with Crippen molar-refractivity contribution in [2.24, 2.45) is 0 Å². The molecular formula is C11H17N3O4. The summed E-state index contributed by atoms with van der Waals surface area (Å²) in [6.07, 6.45) is 0.967. The van der Waals surface area contributed by atoms with Gasteiger partial charge in [0.1, 0.15) is 0 Å². The topological polar surface area (TPSA) is 88.7 Å². The van der Waals surface area contributed by atoms with Crippen molar-refractivity contribution in [2.45, 2.75) is 32.4 Å². The summed E-state index contributed by atoms with van der Waals surface area (Å²) in [7, 11) is 0. The SMILES string of the molecule is CCCc1nc(CN2CCOC(C(=O)O)C2)no1. The Morgan fingerprint density at radius 2 is 2.44 bits per heavy atom. The van der Waals surface area contributed by atoms with Crippen molar-refractivity contribution in [3.63, 3.8) is 0 Å². The summed E-state index contributed by atoms with van der Waals surface area (Å²) >= 11 is 0. The summed E-state index contributed by atoms with van der Waals surface area (Å²) in [4.78, 5) is 17.1. The van der Waals surface area contributed by atoms with Gasteiger partial charge in [0.25, 0.3) is 0 Å². The summed E-state index contributed by atoms with van der Waals surface area (Å²) in [5.74, 6) is 0.305. The number of aryl methyl sites for hydroxylation is 1. The summed E-state index contributed by atoms with van der Waals surface area (Å²) in [6, 6.07) is 0. The standard InChI is InChI=1S/C11H17N3O4/c1-2-3-10-12-9(13-18-10)7-14-4-5-17-8(6-14)11(15)16/h8H,2-7H2,1H3,(H,15,16). The zero-order chi connectivity index (χ0) is 13.0. The van der Waals surface area contributed by atoms with Gasteiger partial charge in [0.15, 0.2) is 11.9 Å². The molecule has 0 bridgehead atoms. The highest BCUT2D eigenvalue weighted by atomic mass is 16.5. The summed E-state index contributed by atoms with van der Waals surface area (Å²) in [6.45, 7) is 3.99. The summed E-state index contributed by atoms with van der Waals surface area (Å²) < 4.78 is 10.2. The normalized spacial score (nSPS) is 21.1. The molecule has 0 aliphatic carbocycles. The van der Waals surface area contributed by atoms with Crippen molar-refractivity contribution in [2.75, 3.05) is 19.7 Å². The van der Waals surface area contributed by atoms with E-state index in [-0.39, 0.29) is 0 Å². The number of rotatable bonds is 5. The third-order valence-electron chi connectivity index (χ3n) is 2.77. The number of morpholine rings is 1. The Hall–Kier alpha value is -1.47. The zero-order valence-electron chi connectivity index (χ0n) is 10.3. The lowest BCUT2D eigenvalue weighted by Gasteiger charge is -2.29. The predicted octanol–water partition coefficient (Wildman–Crippen LogP) is 0.307. The second-order valence-corrected chi connectivity index (χ2v) is 4.29. The molecule has 0 amide bonds. The Labute approximate surface area is 105 Å². The number of nitrogens with zero attached hydrogens (tertiary/aromatic N) is 3. The van der Waals surface area contributed by atoms with Crippen molar-refractivity contribution in [1.82, 2.24) is 15.0 Å². The minimum atomic E-state index is -0.931. The zero-order valence-corrected chi connectivity index (χ0v) is 10.3. The van der Waals surface area contributed by atoms with Crippen LogP contribution in [0, 0.1) is 0 Å². The molecule has 7 nitrogen and oxygen atoms in total. The lowest BCUT2D eigenvalue weighted by atomic mass is 10.2. The number of hydrogen-bond donors (Lipinski definition) is 1. The van der Waals surface area contributed by atoms with Crippen molar-refractivity contribution in [3.8, 4) is 0 Å². The molecule has 100 valence electrons. The largest absolute Gasteiger partial charge is 0.479 e. The molecule has 7 heteroatoms. The molecule has 1 atom stereocenters. The number of aromatic nitrogens is 2. The summed E-state index contributed by atoms with van der Waals surface area (Å²) in [5, 5.41) is 12.8. The first-order valence-electron chi connectivity index (χ1n) is 6.07. The van der Waals surface area contributed by atoms with Gasteiger partial charge in [0, 0.05) is 19.5 Å². The smallest absolute Gasteiger partial charge is 0.334 e. The highest BCUT2D eigenvalue weighted by Gasteiger charge is 2.26. The van der Waals surface area contributed by atoms with Crippen LogP contribution in [0.4, 0.5) is 0 Å². The van der Waals surface area contributed by atoms with Gasteiger partial charge in [-0.05, 0) is 6.42 Å². The fourth-order valence-corrected chi connectivity index (χ4v) is 1.87. The van der Waals surface area contributed by atoms with Crippen LogP contribution in [0.3, 0.4) is 0 Å². The molecule has 2 rings (SSSR count). The number of ether oxygens (including phenoxy) is 1. The van der Waals surface area contributed by atoms with E-state index in [1.165, 1.54) is 0 Å². The lowest BCUT2D eigenvalue weighted by Crippen LogP contribution is -2.45. The highest BCUT2D eigenvalue weighted by molar-refractivity contribution is 5.72. The van der Waals surface area contributed by atoms with E-state index in [0.29, 0.717) is 38.0 Å². The Kier molecular flexibility index (Phi) is 4.27. The van der Waals surface area contributed by atoms with Crippen LogP contribution in [-0.2, 0) is 22.5 Å². The van der Waals surface area contributed by atoms with Crippen LogP contribution in [0.25, 0.3) is 0 Å². The molecule has 0 radical (unpaired) electrons. The van der Waals surface area contributed by atoms with Crippen molar-refractivity contribution < 1.29 is 19.2 Å². The van der Waals surface area contributed by atoms with Gasteiger partial charge in [-0.1, -0.05) is 12.1 Å². The third-order valence-corrected chi connectivity index (χ3v) is 2.77. The quantitative estimate of drug-likeness (QED) is 0.809. The molecular weight excluding hydrogens is 238 g/mol. The lowest BCUT2D eigenvalue weighted by molar-refractivity contribution is -0.156. The Balaban J connectivity index is 1.89. The van der Waals surface area contributed by atoms with Crippen molar-refractivity contribution in [1.29, 1.82) is 0 Å². The average Bonchev–Trinajstić information content (AvgIpc) is 2.77. The van der Waals surface area contributed by atoms with Gasteiger partial charge in [0.05, 0.1) is 13.2 Å². The average molecular weight is 255 g/mol. The van der Waals surface area contributed by atoms with Gasteiger partial charge in [-0.25, -0.2) is 4.79 Å². The molecule has 1 aromatic rings. The van der Waals surface area contributed by atoms with Crippen LogP contribution in [0.5, 0.6) is 0 Å². The van der Waals surface area contributed by atoms with Crippen LogP contribution in [-0.4, -0.2) is 51.9 Å².